The molecule has 0 saturated heterocycles. The molecule has 0 bridgehead atoms. The first-order valence-electron chi connectivity index (χ1n) is 9.49. The van der Waals surface area contributed by atoms with Crippen molar-refractivity contribution in [3.8, 4) is 17.1 Å². The molecule has 5 nitrogen and oxygen atoms in total. The Morgan fingerprint density at radius 2 is 2.00 bits per heavy atom. The van der Waals surface area contributed by atoms with Gasteiger partial charge in [0.05, 0.1) is 0 Å². The highest BCUT2D eigenvalue weighted by Gasteiger charge is 2.21. The summed E-state index contributed by atoms with van der Waals surface area (Å²) < 4.78 is 5.75. The minimum absolute atomic E-state index is 0.0231. The lowest BCUT2D eigenvalue weighted by Crippen LogP contribution is -2.15. The summed E-state index contributed by atoms with van der Waals surface area (Å²) in [5.41, 5.74) is 2.93. The van der Waals surface area contributed by atoms with Crippen LogP contribution in [-0.4, -0.2) is 21.9 Å². The molecule has 0 radical (unpaired) electrons. The Kier molecular flexibility index (Phi) is 4.82. The Bertz CT molecular complexity index is 1070. The van der Waals surface area contributed by atoms with Crippen molar-refractivity contribution < 1.29 is 9.53 Å². The van der Waals surface area contributed by atoms with E-state index in [0.717, 1.165) is 23.3 Å². The van der Waals surface area contributed by atoms with E-state index in [1.54, 1.807) is 0 Å². The third-order valence-electron chi connectivity index (χ3n) is 5.06. The van der Waals surface area contributed by atoms with Crippen molar-refractivity contribution in [2.75, 3.05) is 0 Å². The van der Waals surface area contributed by atoms with E-state index in [0.29, 0.717) is 12.2 Å². The lowest BCUT2D eigenvalue weighted by Gasteiger charge is -2.12. The molecule has 0 spiro atoms. The van der Waals surface area contributed by atoms with Crippen LogP contribution < -0.4 is 10.3 Å². The number of ketones is 1. The molecule has 0 aliphatic carbocycles. The van der Waals surface area contributed by atoms with Crippen molar-refractivity contribution in [2.45, 2.75) is 38.7 Å². The van der Waals surface area contributed by atoms with Gasteiger partial charge in [-0.3, -0.25) is 9.59 Å². The Balaban J connectivity index is 1.55. The molecule has 1 N–H and O–H groups in total. The number of nitrogens with zero attached hydrogens (tertiary/aromatic N) is 1. The van der Waals surface area contributed by atoms with Gasteiger partial charge in [0.25, 0.3) is 5.56 Å². The standard InChI is InChI=1S/C23H22N2O3/c1-14(17-8-9-21-18(12-17)11-15(2)28-21)10-20(26)19-13-22(27)25-23(24-19)16-6-4-3-5-7-16/h3-9,12-15H,10-11H2,1-2H3,(H,24,25,27). The molecule has 0 amide bonds. The van der Waals surface area contributed by atoms with Gasteiger partial charge in [-0.2, -0.15) is 0 Å². The Morgan fingerprint density at radius 3 is 2.79 bits per heavy atom. The maximum Gasteiger partial charge on any atom is 0.251 e. The monoisotopic (exact) mass is 374 g/mol. The fraction of sp³-hybridized carbons (Fsp3) is 0.261. The summed E-state index contributed by atoms with van der Waals surface area (Å²) >= 11 is 0. The first-order valence-corrected chi connectivity index (χ1v) is 9.49. The number of Topliss-reactive ketones (excluding diaryl/α,β-unsaturated/α-hetero) is 1. The first-order chi connectivity index (χ1) is 13.5. The molecule has 2 aromatic carbocycles. The Morgan fingerprint density at radius 1 is 1.21 bits per heavy atom. The number of aromatic nitrogens is 2. The van der Waals surface area contributed by atoms with Gasteiger partial charge in [0, 0.05) is 24.5 Å². The van der Waals surface area contributed by atoms with Crippen molar-refractivity contribution in [1.29, 1.82) is 0 Å². The van der Waals surface area contributed by atoms with Crippen molar-refractivity contribution in [2.24, 2.45) is 0 Å². The number of ether oxygens (including phenoxy) is 1. The van der Waals surface area contributed by atoms with Gasteiger partial charge in [0.15, 0.2) is 5.78 Å². The van der Waals surface area contributed by atoms with Crippen LogP contribution in [0.5, 0.6) is 5.75 Å². The van der Waals surface area contributed by atoms with Gasteiger partial charge in [-0.05, 0) is 30.0 Å². The zero-order valence-electron chi connectivity index (χ0n) is 15.9. The summed E-state index contributed by atoms with van der Waals surface area (Å²) in [4.78, 5) is 31.9. The van der Waals surface area contributed by atoms with E-state index in [1.165, 1.54) is 11.6 Å². The summed E-state index contributed by atoms with van der Waals surface area (Å²) in [6.45, 7) is 4.07. The second-order valence-corrected chi connectivity index (χ2v) is 7.37. The highest BCUT2D eigenvalue weighted by Crippen LogP contribution is 2.32. The molecule has 0 saturated carbocycles. The molecule has 0 fully saturated rings. The second kappa shape index (κ2) is 7.43. The number of aromatic amines is 1. The van der Waals surface area contributed by atoms with Crippen molar-refractivity contribution >= 4 is 5.78 Å². The van der Waals surface area contributed by atoms with Gasteiger partial charge < -0.3 is 9.72 Å². The maximum atomic E-state index is 12.8. The van der Waals surface area contributed by atoms with Crippen LogP contribution in [0.1, 0.15) is 47.8 Å². The zero-order chi connectivity index (χ0) is 19.7. The highest BCUT2D eigenvalue weighted by molar-refractivity contribution is 5.95. The number of fused-ring (bicyclic) bond motifs is 1. The molecule has 1 aliphatic rings. The maximum absolute atomic E-state index is 12.8. The molecule has 3 aromatic rings. The third-order valence-corrected chi connectivity index (χ3v) is 5.06. The van der Waals surface area contributed by atoms with Gasteiger partial charge in [-0.15, -0.1) is 0 Å². The molecule has 142 valence electrons. The lowest BCUT2D eigenvalue weighted by atomic mass is 9.92. The average molecular weight is 374 g/mol. The smallest absolute Gasteiger partial charge is 0.251 e. The number of carbonyl (C=O) groups excluding carboxylic acids is 1. The fourth-order valence-electron chi connectivity index (χ4n) is 3.58. The van der Waals surface area contributed by atoms with Crippen LogP contribution in [0.4, 0.5) is 0 Å². The lowest BCUT2D eigenvalue weighted by molar-refractivity contribution is 0.0970. The van der Waals surface area contributed by atoms with Crippen LogP contribution in [0.25, 0.3) is 11.4 Å². The summed E-state index contributed by atoms with van der Waals surface area (Å²) in [5.74, 6) is 1.22. The Hall–Kier alpha value is -3.21. The van der Waals surface area contributed by atoms with E-state index in [9.17, 15) is 9.59 Å². The number of benzene rings is 2. The molecular weight excluding hydrogens is 352 g/mol. The second-order valence-electron chi connectivity index (χ2n) is 7.37. The van der Waals surface area contributed by atoms with Crippen LogP contribution in [0.2, 0.25) is 0 Å². The number of hydrogen-bond donors (Lipinski definition) is 1. The molecule has 2 atom stereocenters. The van der Waals surface area contributed by atoms with Crippen LogP contribution in [0.3, 0.4) is 0 Å². The van der Waals surface area contributed by atoms with E-state index < -0.39 is 0 Å². The number of nitrogens with one attached hydrogen (secondary N) is 1. The van der Waals surface area contributed by atoms with Crippen LogP contribution in [0.15, 0.2) is 59.4 Å². The summed E-state index contributed by atoms with van der Waals surface area (Å²) in [5, 5.41) is 0. The SMILES string of the molecule is CC1Cc2cc(C(C)CC(=O)c3cc(=O)[nH]c(-c4ccccc4)n3)ccc2O1. The van der Waals surface area contributed by atoms with E-state index in [2.05, 4.69) is 23.0 Å². The molecule has 2 unspecified atom stereocenters. The quantitative estimate of drug-likeness (QED) is 0.682. The van der Waals surface area contributed by atoms with E-state index >= 15 is 0 Å². The van der Waals surface area contributed by atoms with Gasteiger partial charge in [0.1, 0.15) is 23.4 Å². The van der Waals surface area contributed by atoms with Crippen LogP contribution in [-0.2, 0) is 6.42 Å². The van der Waals surface area contributed by atoms with E-state index in [4.69, 9.17) is 4.74 Å². The van der Waals surface area contributed by atoms with Gasteiger partial charge in [0.2, 0.25) is 0 Å². The summed E-state index contributed by atoms with van der Waals surface area (Å²) in [7, 11) is 0. The molecule has 4 rings (SSSR count). The van der Waals surface area contributed by atoms with Gasteiger partial charge in [-0.1, -0.05) is 49.4 Å². The predicted octanol–water partition coefficient (Wildman–Crippen LogP) is 4.14. The number of rotatable bonds is 5. The fourth-order valence-corrected chi connectivity index (χ4v) is 3.58. The zero-order valence-corrected chi connectivity index (χ0v) is 15.9. The highest BCUT2D eigenvalue weighted by atomic mass is 16.5. The normalized spacial score (nSPS) is 16.3. The largest absolute Gasteiger partial charge is 0.490 e. The molecule has 1 aromatic heterocycles. The van der Waals surface area contributed by atoms with Gasteiger partial charge >= 0.3 is 0 Å². The van der Waals surface area contributed by atoms with E-state index in [1.807, 2.05) is 49.4 Å². The van der Waals surface area contributed by atoms with Crippen molar-refractivity contribution in [1.82, 2.24) is 9.97 Å². The summed E-state index contributed by atoms with van der Waals surface area (Å²) in [6, 6.07) is 16.7. The minimum atomic E-state index is -0.325. The van der Waals surface area contributed by atoms with Gasteiger partial charge in [-0.25, -0.2) is 4.98 Å². The minimum Gasteiger partial charge on any atom is -0.490 e. The molecule has 1 aliphatic heterocycles. The average Bonchev–Trinajstić information content (AvgIpc) is 3.07. The molecule has 28 heavy (non-hydrogen) atoms. The molecular formula is C23H22N2O3. The van der Waals surface area contributed by atoms with E-state index in [-0.39, 0.29) is 29.1 Å². The van der Waals surface area contributed by atoms with Crippen molar-refractivity contribution in [3.63, 3.8) is 0 Å². The number of hydrogen-bond acceptors (Lipinski definition) is 4. The number of carbonyl (C=O) groups is 1. The predicted molar refractivity (Wildman–Crippen MR) is 108 cm³/mol. The first kappa shape index (κ1) is 18.2. The van der Waals surface area contributed by atoms with Crippen LogP contribution >= 0.6 is 0 Å². The van der Waals surface area contributed by atoms with Crippen LogP contribution in [0, 0.1) is 0 Å². The molecule has 2 heterocycles. The van der Waals surface area contributed by atoms with Crippen molar-refractivity contribution in [3.05, 3.63) is 81.8 Å². The third kappa shape index (κ3) is 3.74. The topological polar surface area (TPSA) is 72.0 Å². The number of H-pyrrole nitrogens is 1. The summed E-state index contributed by atoms with van der Waals surface area (Å²) in [6.07, 6.45) is 1.37. The Labute approximate surface area is 163 Å². The molecule has 5 heteroatoms.